The van der Waals surface area contributed by atoms with Gasteiger partial charge in [0, 0.05) is 31.2 Å². The van der Waals surface area contributed by atoms with Gasteiger partial charge in [0.05, 0.1) is 23.9 Å². The normalized spacial score (nSPS) is 17.3. The topological polar surface area (TPSA) is 106 Å². The van der Waals surface area contributed by atoms with Crippen LogP contribution in [0.25, 0.3) is 0 Å². The highest BCUT2D eigenvalue weighted by Gasteiger charge is 2.30. The lowest BCUT2D eigenvalue weighted by Crippen LogP contribution is -2.40. The fraction of sp³-hybridized carbons (Fsp3) is 0.476. The minimum Gasteiger partial charge on any atom is -0.379 e. The molecule has 11 heteroatoms. The highest BCUT2D eigenvalue weighted by Crippen LogP contribution is 2.40. The highest BCUT2D eigenvalue weighted by molar-refractivity contribution is 7.99. The molecule has 1 aromatic heterocycles. The summed E-state index contributed by atoms with van der Waals surface area (Å²) in [5.41, 5.74) is 1.27. The van der Waals surface area contributed by atoms with Gasteiger partial charge in [-0.1, -0.05) is 23.9 Å². The smallest absolute Gasteiger partial charge is 0.243 e. The maximum atomic E-state index is 12.9. The third-order valence-electron chi connectivity index (χ3n) is 5.42. The number of carbonyl (C=O) groups excluding carboxylic acids is 1. The van der Waals surface area contributed by atoms with Gasteiger partial charge in [-0.3, -0.25) is 4.79 Å². The van der Waals surface area contributed by atoms with Gasteiger partial charge in [-0.05, 0) is 37.5 Å². The lowest BCUT2D eigenvalue weighted by Gasteiger charge is -2.26. The van der Waals surface area contributed by atoms with Crippen LogP contribution in [-0.2, 0) is 26.1 Å². The maximum absolute atomic E-state index is 12.9. The fourth-order valence-electron chi connectivity index (χ4n) is 3.50. The molecule has 0 unspecified atom stereocenters. The van der Waals surface area contributed by atoms with Gasteiger partial charge >= 0.3 is 0 Å². The molecule has 1 aliphatic heterocycles. The molecule has 32 heavy (non-hydrogen) atoms. The summed E-state index contributed by atoms with van der Waals surface area (Å²) in [6.07, 6.45) is 4.02. The molecule has 2 heterocycles. The zero-order valence-electron chi connectivity index (χ0n) is 18.0. The van der Waals surface area contributed by atoms with E-state index in [0.29, 0.717) is 49.6 Å². The minimum absolute atomic E-state index is 0.139. The van der Waals surface area contributed by atoms with Gasteiger partial charge in [0.1, 0.15) is 5.82 Å². The molecule has 1 aliphatic carbocycles. The van der Waals surface area contributed by atoms with Crippen LogP contribution < -0.4 is 5.32 Å². The van der Waals surface area contributed by atoms with Crippen LogP contribution in [0, 0.1) is 6.92 Å². The standard InChI is InChI=1S/C21H27N5O4S2/c1-3-8-26-20(16-5-6-16)23-24-21(26)31-14-19(27)22-18-13-17(7-4-15(18)2)32(28,29)25-9-11-30-12-10-25/h3-4,7,13,16H,1,5-6,8-12,14H2,2H3,(H,22,27). The summed E-state index contributed by atoms with van der Waals surface area (Å²) in [6.45, 7) is 7.63. The molecule has 4 rings (SSSR count). The van der Waals surface area contributed by atoms with Crippen molar-refractivity contribution in [2.24, 2.45) is 0 Å². The van der Waals surface area contributed by atoms with Crippen LogP contribution in [-0.4, -0.2) is 65.5 Å². The molecule has 2 aromatic rings. The third kappa shape index (κ3) is 5.06. The molecule has 1 aromatic carbocycles. The Morgan fingerprint density at radius 1 is 1.31 bits per heavy atom. The third-order valence-corrected chi connectivity index (χ3v) is 8.28. The van der Waals surface area contributed by atoms with E-state index in [1.807, 2.05) is 11.5 Å². The molecule has 1 amide bonds. The molecule has 0 bridgehead atoms. The number of amides is 1. The molecule has 2 aliphatic rings. The van der Waals surface area contributed by atoms with Gasteiger partial charge in [-0.15, -0.1) is 16.8 Å². The molecule has 1 saturated heterocycles. The first-order chi connectivity index (χ1) is 15.4. The second-order valence-electron chi connectivity index (χ2n) is 7.84. The number of hydrogen-bond acceptors (Lipinski definition) is 7. The summed E-state index contributed by atoms with van der Waals surface area (Å²) in [5.74, 6) is 1.30. The molecule has 172 valence electrons. The van der Waals surface area contributed by atoms with Crippen LogP contribution in [0.1, 0.15) is 30.1 Å². The van der Waals surface area contributed by atoms with E-state index in [2.05, 4.69) is 22.1 Å². The van der Waals surface area contributed by atoms with Crippen molar-refractivity contribution in [1.29, 1.82) is 0 Å². The van der Waals surface area contributed by atoms with Crippen molar-refractivity contribution in [3.63, 3.8) is 0 Å². The van der Waals surface area contributed by atoms with E-state index in [1.54, 1.807) is 18.2 Å². The van der Waals surface area contributed by atoms with Crippen LogP contribution in [0.2, 0.25) is 0 Å². The zero-order valence-corrected chi connectivity index (χ0v) is 19.6. The van der Waals surface area contributed by atoms with E-state index in [4.69, 9.17) is 4.74 Å². The summed E-state index contributed by atoms with van der Waals surface area (Å²) in [5, 5.41) is 12.1. The SMILES string of the molecule is C=CCn1c(SCC(=O)Nc2cc(S(=O)(=O)N3CCOCC3)ccc2C)nnc1C1CC1. The number of aromatic nitrogens is 3. The molecule has 9 nitrogen and oxygen atoms in total. The van der Waals surface area contributed by atoms with Crippen molar-refractivity contribution < 1.29 is 17.9 Å². The number of rotatable bonds is 9. The lowest BCUT2D eigenvalue weighted by molar-refractivity contribution is -0.113. The number of carbonyl (C=O) groups is 1. The molecular weight excluding hydrogens is 450 g/mol. The van der Waals surface area contributed by atoms with Gasteiger partial charge in [0.25, 0.3) is 0 Å². The summed E-state index contributed by atoms with van der Waals surface area (Å²) in [7, 11) is -3.64. The van der Waals surface area contributed by atoms with E-state index in [-0.39, 0.29) is 16.6 Å². The fourth-order valence-corrected chi connectivity index (χ4v) is 5.69. The molecular formula is C21H27N5O4S2. The number of anilines is 1. The zero-order chi connectivity index (χ0) is 22.7. The average Bonchev–Trinajstić information content (AvgIpc) is 3.56. The number of sulfonamides is 1. The predicted molar refractivity (Wildman–Crippen MR) is 122 cm³/mol. The Balaban J connectivity index is 1.43. The Labute approximate surface area is 192 Å². The van der Waals surface area contributed by atoms with Crippen LogP contribution in [0.5, 0.6) is 0 Å². The number of thioether (sulfide) groups is 1. The second kappa shape index (κ2) is 9.74. The van der Waals surface area contributed by atoms with E-state index < -0.39 is 10.0 Å². The predicted octanol–water partition coefficient (Wildman–Crippen LogP) is 2.40. The van der Waals surface area contributed by atoms with Gasteiger partial charge < -0.3 is 14.6 Å². The Morgan fingerprint density at radius 3 is 2.75 bits per heavy atom. The number of aryl methyl sites for hydroxylation is 1. The number of nitrogens with zero attached hydrogens (tertiary/aromatic N) is 4. The van der Waals surface area contributed by atoms with E-state index >= 15 is 0 Å². The molecule has 1 N–H and O–H groups in total. The quantitative estimate of drug-likeness (QED) is 0.437. The van der Waals surface area contributed by atoms with Crippen molar-refractivity contribution in [3.05, 3.63) is 42.2 Å². The van der Waals surface area contributed by atoms with Gasteiger partial charge in [0.2, 0.25) is 15.9 Å². The maximum Gasteiger partial charge on any atom is 0.243 e. The van der Waals surface area contributed by atoms with E-state index in [1.165, 1.54) is 22.1 Å². The molecule has 0 radical (unpaired) electrons. The van der Waals surface area contributed by atoms with Crippen LogP contribution >= 0.6 is 11.8 Å². The van der Waals surface area contributed by atoms with Crippen molar-refractivity contribution in [3.8, 4) is 0 Å². The van der Waals surface area contributed by atoms with Gasteiger partial charge in [-0.2, -0.15) is 4.31 Å². The summed E-state index contributed by atoms with van der Waals surface area (Å²) >= 11 is 1.31. The minimum atomic E-state index is -3.64. The first-order valence-corrected chi connectivity index (χ1v) is 13.0. The first kappa shape index (κ1) is 23.0. The van der Waals surface area contributed by atoms with Crippen LogP contribution in [0.3, 0.4) is 0 Å². The molecule has 2 fully saturated rings. The Hall–Kier alpha value is -2.21. The number of ether oxygens (including phenoxy) is 1. The van der Waals surface area contributed by atoms with E-state index in [0.717, 1.165) is 24.2 Å². The Kier molecular flexibility index (Phi) is 6.99. The average molecular weight is 478 g/mol. The molecule has 1 saturated carbocycles. The molecule has 0 atom stereocenters. The first-order valence-electron chi connectivity index (χ1n) is 10.6. The monoisotopic (exact) mass is 477 g/mol. The summed E-state index contributed by atoms with van der Waals surface area (Å²) in [4.78, 5) is 12.8. The van der Waals surface area contributed by atoms with Crippen molar-refractivity contribution >= 4 is 33.4 Å². The number of hydrogen-bond donors (Lipinski definition) is 1. The number of benzene rings is 1. The number of allylic oxidation sites excluding steroid dienone is 1. The Morgan fingerprint density at radius 2 is 2.06 bits per heavy atom. The lowest BCUT2D eigenvalue weighted by atomic mass is 10.2. The Bertz CT molecular complexity index is 1110. The van der Waals surface area contributed by atoms with Gasteiger partial charge in [-0.25, -0.2) is 8.42 Å². The van der Waals surface area contributed by atoms with Crippen LogP contribution in [0.15, 0.2) is 40.9 Å². The molecule has 0 spiro atoms. The highest BCUT2D eigenvalue weighted by atomic mass is 32.2. The van der Waals surface area contributed by atoms with Crippen molar-refractivity contribution in [2.75, 3.05) is 37.4 Å². The van der Waals surface area contributed by atoms with E-state index in [9.17, 15) is 13.2 Å². The van der Waals surface area contributed by atoms with Crippen molar-refractivity contribution in [2.45, 2.75) is 42.3 Å². The number of morpholine rings is 1. The summed E-state index contributed by atoms with van der Waals surface area (Å²) < 4.78 is 34.5. The summed E-state index contributed by atoms with van der Waals surface area (Å²) in [6, 6.07) is 4.80. The van der Waals surface area contributed by atoms with Crippen LogP contribution in [0.4, 0.5) is 5.69 Å². The number of nitrogens with one attached hydrogen (secondary N) is 1. The largest absolute Gasteiger partial charge is 0.379 e. The van der Waals surface area contributed by atoms with Gasteiger partial charge in [0.15, 0.2) is 5.16 Å². The van der Waals surface area contributed by atoms with Crippen molar-refractivity contribution in [1.82, 2.24) is 19.1 Å². The second-order valence-corrected chi connectivity index (χ2v) is 10.7.